The fourth-order valence-electron chi connectivity index (χ4n) is 4.17. The summed E-state index contributed by atoms with van der Waals surface area (Å²) < 4.78 is 0. The van der Waals surface area contributed by atoms with Crippen LogP contribution in [0.5, 0.6) is 0 Å². The summed E-state index contributed by atoms with van der Waals surface area (Å²) in [4.78, 5) is 21.6. The first kappa shape index (κ1) is 19.5. The minimum absolute atomic E-state index is 0.333. The van der Waals surface area contributed by atoms with Gasteiger partial charge in [-0.1, -0.05) is 25.7 Å². The van der Waals surface area contributed by atoms with Gasteiger partial charge in [0.2, 0.25) is 5.91 Å². The minimum atomic E-state index is 0.333. The Kier molecular flexibility index (Phi) is 7.59. The van der Waals surface area contributed by atoms with Crippen LogP contribution in [0.1, 0.15) is 58.3 Å². The lowest BCUT2D eigenvalue weighted by atomic mass is 9.84. The second kappa shape index (κ2) is 10.1. The first-order chi connectivity index (χ1) is 12.8. The maximum atomic E-state index is 12.3. The molecular weight excluding hydrogens is 326 g/mol. The number of rotatable bonds is 6. The number of nitrogens with one attached hydrogen (secondary N) is 2. The molecule has 1 saturated heterocycles. The molecular formula is C20H37N5O. The van der Waals surface area contributed by atoms with Crippen LogP contribution < -0.4 is 10.6 Å². The van der Waals surface area contributed by atoms with Crippen LogP contribution in [-0.2, 0) is 4.79 Å². The number of guanidine groups is 1. The third kappa shape index (κ3) is 5.60. The van der Waals surface area contributed by atoms with Crippen molar-refractivity contribution in [1.82, 2.24) is 20.4 Å². The molecule has 0 spiro atoms. The summed E-state index contributed by atoms with van der Waals surface area (Å²) in [6.45, 7) is 8.57. The average Bonchev–Trinajstić information content (AvgIpc) is 2.62. The Hall–Kier alpha value is -1.30. The topological polar surface area (TPSA) is 60.0 Å². The SMILES string of the molecule is CCNC(=NCCN1CCN(C(=O)C2CCC2)CC1)NC1CCCCC1. The van der Waals surface area contributed by atoms with Gasteiger partial charge < -0.3 is 15.5 Å². The lowest BCUT2D eigenvalue weighted by Gasteiger charge is -2.38. The van der Waals surface area contributed by atoms with Gasteiger partial charge in [-0.15, -0.1) is 0 Å². The largest absolute Gasteiger partial charge is 0.357 e. The van der Waals surface area contributed by atoms with Gasteiger partial charge in [-0.3, -0.25) is 14.7 Å². The first-order valence-electron chi connectivity index (χ1n) is 10.8. The monoisotopic (exact) mass is 363 g/mol. The minimum Gasteiger partial charge on any atom is -0.357 e. The number of hydrogen-bond acceptors (Lipinski definition) is 3. The van der Waals surface area contributed by atoms with Crippen molar-refractivity contribution in [2.45, 2.75) is 64.3 Å². The summed E-state index contributed by atoms with van der Waals surface area (Å²) in [5, 5.41) is 6.99. The maximum Gasteiger partial charge on any atom is 0.225 e. The molecule has 1 amide bonds. The standard InChI is InChI=1S/C20H37N5O/c1-2-21-20(23-18-9-4-3-5-10-18)22-11-12-24-13-15-25(16-14-24)19(26)17-7-6-8-17/h17-18H,2-16H2,1H3,(H2,21,22,23). The number of piperazine rings is 1. The van der Waals surface area contributed by atoms with Gasteiger partial charge in [-0.2, -0.15) is 0 Å². The van der Waals surface area contributed by atoms with Crippen molar-refractivity contribution < 1.29 is 4.79 Å². The van der Waals surface area contributed by atoms with Crippen molar-refractivity contribution >= 4 is 11.9 Å². The highest BCUT2D eigenvalue weighted by Gasteiger charge is 2.30. The molecule has 0 aromatic rings. The van der Waals surface area contributed by atoms with E-state index >= 15 is 0 Å². The molecule has 3 aliphatic rings. The molecule has 0 unspecified atom stereocenters. The van der Waals surface area contributed by atoms with Crippen molar-refractivity contribution in [2.75, 3.05) is 45.8 Å². The number of nitrogens with zero attached hydrogens (tertiary/aromatic N) is 3. The number of aliphatic imine (C=N–C) groups is 1. The van der Waals surface area contributed by atoms with E-state index in [1.807, 2.05) is 0 Å². The van der Waals surface area contributed by atoms with Crippen LogP contribution in [0.15, 0.2) is 4.99 Å². The van der Waals surface area contributed by atoms with Crippen molar-refractivity contribution in [2.24, 2.45) is 10.9 Å². The van der Waals surface area contributed by atoms with Gasteiger partial charge in [0, 0.05) is 51.2 Å². The van der Waals surface area contributed by atoms with Crippen LogP contribution in [0.4, 0.5) is 0 Å². The molecule has 0 aromatic heterocycles. The number of carbonyl (C=O) groups excluding carboxylic acids is 1. The third-order valence-corrected chi connectivity index (χ3v) is 6.11. The quantitative estimate of drug-likeness (QED) is 0.558. The Morgan fingerprint density at radius 1 is 1.00 bits per heavy atom. The van der Waals surface area contributed by atoms with Gasteiger partial charge >= 0.3 is 0 Å². The zero-order valence-electron chi connectivity index (χ0n) is 16.5. The van der Waals surface area contributed by atoms with Gasteiger partial charge in [0.1, 0.15) is 0 Å². The molecule has 0 aromatic carbocycles. The summed E-state index contributed by atoms with van der Waals surface area (Å²) in [5.41, 5.74) is 0. The molecule has 0 radical (unpaired) electrons. The normalized spacial score (nSPS) is 23.6. The van der Waals surface area contributed by atoms with E-state index in [-0.39, 0.29) is 0 Å². The number of carbonyl (C=O) groups is 1. The van der Waals surface area contributed by atoms with Crippen molar-refractivity contribution in [3.05, 3.63) is 0 Å². The van der Waals surface area contributed by atoms with E-state index in [1.54, 1.807) is 0 Å². The molecule has 148 valence electrons. The Labute approximate surface area is 158 Å². The summed E-state index contributed by atoms with van der Waals surface area (Å²) >= 11 is 0. The Bertz CT molecular complexity index is 463. The summed E-state index contributed by atoms with van der Waals surface area (Å²) in [7, 11) is 0. The molecule has 3 fully saturated rings. The highest BCUT2D eigenvalue weighted by Crippen LogP contribution is 2.28. The second-order valence-electron chi connectivity index (χ2n) is 8.03. The molecule has 6 heteroatoms. The zero-order chi connectivity index (χ0) is 18.2. The molecule has 26 heavy (non-hydrogen) atoms. The van der Waals surface area contributed by atoms with Crippen molar-refractivity contribution in [3.8, 4) is 0 Å². The molecule has 1 aliphatic heterocycles. The Morgan fingerprint density at radius 3 is 2.35 bits per heavy atom. The Balaban J connectivity index is 1.37. The van der Waals surface area contributed by atoms with E-state index in [0.29, 0.717) is 17.9 Å². The molecule has 2 saturated carbocycles. The third-order valence-electron chi connectivity index (χ3n) is 6.11. The van der Waals surface area contributed by atoms with Gasteiger partial charge in [0.15, 0.2) is 5.96 Å². The highest BCUT2D eigenvalue weighted by molar-refractivity contribution is 5.80. The van der Waals surface area contributed by atoms with E-state index in [9.17, 15) is 4.79 Å². The summed E-state index contributed by atoms with van der Waals surface area (Å²) in [6, 6.07) is 0.586. The molecule has 2 aliphatic carbocycles. The summed E-state index contributed by atoms with van der Waals surface area (Å²) in [5.74, 6) is 1.71. The van der Waals surface area contributed by atoms with Gasteiger partial charge in [-0.05, 0) is 32.6 Å². The predicted octanol–water partition coefficient (Wildman–Crippen LogP) is 1.82. The molecule has 0 bridgehead atoms. The molecule has 6 nitrogen and oxygen atoms in total. The zero-order valence-corrected chi connectivity index (χ0v) is 16.5. The molecule has 2 N–H and O–H groups in total. The lowest BCUT2D eigenvalue weighted by Crippen LogP contribution is -2.51. The fourth-order valence-corrected chi connectivity index (χ4v) is 4.17. The molecule has 0 atom stereocenters. The van der Waals surface area contributed by atoms with Crippen LogP contribution in [0.2, 0.25) is 0 Å². The van der Waals surface area contributed by atoms with Crippen molar-refractivity contribution in [3.63, 3.8) is 0 Å². The molecule has 1 heterocycles. The van der Waals surface area contributed by atoms with E-state index in [4.69, 9.17) is 4.99 Å². The predicted molar refractivity (Wildman–Crippen MR) is 106 cm³/mol. The van der Waals surface area contributed by atoms with E-state index < -0.39 is 0 Å². The van der Waals surface area contributed by atoms with Gasteiger partial charge in [0.05, 0.1) is 6.54 Å². The van der Waals surface area contributed by atoms with Crippen LogP contribution in [0.3, 0.4) is 0 Å². The highest BCUT2D eigenvalue weighted by atomic mass is 16.2. The van der Waals surface area contributed by atoms with Crippen molar-refractivity contribution in [1.29, 1.82) is 0 Å². The number of hydrogen-bond donors (Lipinski definition) is 2. The van der Waals surface area contributed by atoms with E-state index in [2.05, 4.69) is 27.4 Å². The smallest absolute Gasteiger partial charge is 0.225 e. The average molecular weight is 364 g/mol. The van der Waals surface area contributed by atoms with Crippen LogP contribution in [-0.4, -0.2) is 73.5 Å². The molecule has 3 rings (SSSR count). The maximum absolute atomic E-state index is 12.3. The lowest BCUT2D eigenvalue weighted by molar-refractivity contribution is -0.139. The van der Waals surface area contributed by atoms with E-state index in [1.165, 1.54) is 38.5 Å². The summed E-state index contributed by atoms with van der Waals surface area (Å²) in [6.07, 6.45) is 10.0. The van der Waals surface area contributed by atoms with Gasteiger partial charge in [-0.25, -0.2) is 0 Å². The van der Waals surface area contributed by atoms with Crippen LogP contribution >= 0.6 is 0 Å². The van der Waals surface area contributed by atoms with Gasteiger partial charge in [0.25, 0.3) is 0 Å². The number of amides is 1. The van der Waals surface area contributed by atoms with E-state index in [0.717, 1.165) is 64.6 Å². The fraction of sp³-hybridized carbons (Fsp3) is 0.900. The first-order valence-corrected chi connectivity index (χ1v) is 10.8. The Morgan fingerprint density at radius 2 is 1.73 bits per heavy atom. The van der Waals surface area contributed by atoms with Crippen LogP contribution in [0, 0.1) is 5.92 Å². The second-order valence-corrected chi connectivity index (χ2v) is 8.03. The van der Waals surface area contributed by atoms with Crippen LogP contribution in [0.25, 0.3) is 0 Å².